The van der Waals surface area contributed by atoms with E-state index in [4.69, 9.17) is 5.11 Å². The molecule has 0 saturated carbocycles. The number of sulfone groups is 1. The van der Waals surface area contributed by atoms with E-state index in [0.29, 0.717) is 10.9 Å². The summed E-state index contributed by atoms with van der Waals surface area (Å²) in [6.45, 7) is 1.67. The minimum atomic E-state index is -4.17. The van der Waals surface area contributed by atoms with Gasteiger partial charge in [-0.15, -0.1) is 11.8 Å². The zero-order valence-corrected chi connectivity index (χ0v) is 15.7. The molecule has 0 aliphatic carbocycles. The lowest BCUT2D eigenvalue weighted by Gasteiger charge is -2.09. The second kappa shape index (κ2) is 6.85. The number of benzene rings is 2. The zero-order chi connectivity index (χ0) is 19.1. The Morgan fingerprint density at radius 3 is 2.46 bits per heavy atom. The van der Waals surface area contributed by atoms with Crippen LogP contribution in [0.15, 0.2) is 56.1 Å². The molecule has 0 radical (unpaired) electrons. The molecule has 0 bridgehead atoms. The van der Waals surface area contributed by atoms with Crippen molar-refractivity contribution in [1.29, 1.82) is 0 Å². The molecule has 26 heavy (non-hydrogen) atoms. The van der Waals surface area contributed by atoms with E-state index in [9.17, 15) is 17.6 Å². The molecule has 1 heterocycles. The van der Waals surface area contributed by atoms with E-state index in [0.717, 1.165) is 11.0 Å². The van der Waals surface area contributed by atoms with Gasteiger partial charge in [0.05, 0.1) is 22.7 Å². The van der Waals surface area contributed by atoms with Gasteiger partial charge in [0, 0.05) is 10.1 Å². The highest BCUT2D eigenvalue weighted by Crippen LogP contribution is 2.25. The van der Waals surface area contributed by atoms with Gasteiger partial charge in [-0.05, 0) is 55.2 Å². The Labute approximate surface area is 154 Å². The molecule has 0 aromatic heterocycles. The molecule has 2 aromatic rings. The molecular weight excluding hydrogens is 377 g/mol. The van der Waals surface area contributed by atoms with Gasteiger partial charge in [-0.25, -0.2) is 12.8 Å². The van der Waals surface area contributed by atoms with E-state index < -0.39 is 39.0 Å². The van der Waals surface area contributed by atoms with E-state index in [-0.39, 0.29) is 10.1 Å². The first-order valence-electron chi connectivity index (χ1n) is 7.76. The van der Waals surface area contributed by atoms with Gasteiger partial charge in [0.1, 0.15) is 10.7 Å². The van der Waals surface area contributed by atoms with Crippen molar-refractivity contribution in [2.45, 2.75) is 34.1 Å². The van der Waals surface area contributed by atoms with Crippen LogP contribution >= 0.6 is 11.8 Å². The Hall–Kier alpha value is -2.19. The molecule has 1 N–H and O–H groups in total. The van der Waals surface area contributed by atoms with Crippen LogP contribution in [0.1, 0.15) is 13.3 Å². The van der Waals surface area contributed by atoms with Crippen molar-refractivity contribution in [3.63, 3.8) is 0 Å². The number of carboxylic acids is 1. The third-order valence-electron chi connectivity index (χ3n) is 4.23. The highest BCUT2D eigenvalue weighted by atomic mass is 32.2. The average Bonchev–Trinajstić information content (AvgIpc) is 2.90. The van der Waals surface area contributed by atoms with Gasteiger partial charge < -0.3 is 5.11 Å². The summed E-state index contributed by atoms with van der Waals surface area (Å²) in [7, 11) is -4.17. The van der Waals surface area contributed by atoms with Crippen LogP contribution < -0.4 is 10.6 Å². The molecule has 0 fully saturated rings. The normalized spacial score (nSPS) is 16.3. The van der Waals surface area contributed by atoms with Gasteiger partial charge >= 0.3 is 5.97 Å². The Kier molecular flexibility index (Phi) is 4.90. The van der Waals surface area contributed by atoms with E-state index >= 15 is 0 Å². The number of hydrogen-bond donors (Lipinski definition) is 1. The van der Waals surface area contributed by atoms with Gasteiger partial charge in [0.2, 0.25) is 9.84 Å². The summed E-state index contributed by atoms with van der Waals surface area (Å²) in [6, 6.07) is 8.06. The van der Waals surface area contributed by atoms with E-state index in [1.165, 1.54) is 30.0 Å². The molecule has 1 aliphatic heterocycles. The van der Waals surface area contributed by atoms with Crippen molar-refractivity contribution in [1.82, 2.24) is 0 Å². The second-order valence-corrected chi connectivity index (χ2v) is 8.62. The van der Waals surface area contributed by atoms with Gasteiger partial charge in [-0.1, -0.05) is 0 Å². The maximum absolute atomic E-state index is 14.6. The van der Waals surface area contributed by atoms with E-state index in [2.05, 4.69) is 4.99 Å². The van der Waals surface area contributed by atoms with Crippen LogP contribution in [0.2, 0.25) is 0 Å². The minimum Gasteiger partial charge on any atom is -0.481 e. The van der Waals surface area contributed by atoms with Crippen molar-refractivity contribution in [2.75, 3.05) is 6.26 Å². The Morgan fingerprint density at radius 2 is 1.88 bits per heavy atom. The number of rotatable bonds is 5. The number of carboxylic acid groups (broad SMARTS) is 1. The van der Waals surface area contributed by atoms with Crippen LogP contribution in [0.25, 0.3) is 5.57 Å². The SMILES string of the molecule is CSc1ccc(S(=O)(=O)c2c(F)ccc3c2=C(CC(=O)O)C(C)N=3)cc1. The molecular formula is C18H16FNO4S2. The van der Waals surface area contributed by atoms with Crippen molar-refractivity contribution in [3.8, 4) is 0 Å². The molecule has 2 aromatic carbocycles. The first-order chi connectivity index (χ1) is 12.3. The topological polar surface area (TPSA) is 83.8 Å². The lowest BCUT2D eigenvalue weighted by atomic mass is 10.0. The Balaban J connectivity index is 2.33. The molecule has 3 rings (SSSR count). The van der Waals surface area contributed by atoms with Crippen molar-refractivity contribution < 1.29 is 22.7 Å². The predicted molar refractivity (Wildman–Crippen MR) is 96.0 cm³/mol. The monoisotopic (exact) mass is 393 g/mol. The van der Waals surface area contributed by atoms with Crippen LogP contribution in [0, 0.1) is 5.82 Å². The number of carbonyl (C=O) groups is 1. The van der Waals surface area contributed by atoms with Crippen LogP contribution in [0.3, 0.4) is 0 Å². The fraction of sp³-hybridized carbons (Fsp3) is 0.222. The van der Waals surface area contributed by atoms with Crippen molar-refractivity contribution >= 4 is 33.1 Å². The zero-order valence-electron chi connectivity index (χ0n) is 14.1. The summed E-state index contributed by atoms with van der Waals surface area (Å²) >= 11 is 1.46. The molecule has 136 valence electrons. The number of halogens is 1. The molecule has 1 aliphatic rings. The Morgan fingerprint density at radius 1 is 1.23 bits per heavy atom. The fourth-order valence-corrected chi connectivity index (χ4v) is 4.96. The maximum Gasteiger partial charge on any atom is 0.307 e. The molecule has 5 nitrogen and oxygen atoms in total. The summed E-state index contributed by atoms with van der Waals surface area (Å²) < 4.78 is 40.8. The number of thioether (sulfide) groups is 1. The largest absolute Gasteiger partial charge is 0.481 e. The third kappa shape index (κ3) is 3.14. The molecule has 0 amide bonds. The number of aliphatic carboxylic acids is 1. The minimum absolute atomic E-state index is 0.0446. The van der Waals surface area contributed by atoms with Gasteiger partial charge in [-0.3, -0.25) is 9.79 Å². The third-order valence-corrected chi connectivity index (χ3v) is 6.80. The van der Waals surface area contributed by atoms with Crippen molar-refractivity contribution in [2.24, 2.45) is 4.99 Å². The average molecular weight is 393 g/mol. The van der Waals surface area contributed by atoms with E-state index in [1.807, 2.05) is 6.26 Å². The molecule has 1 unspecified atom stereocenters. The lowest BCUT2D eigenvalue weighted by molar-refractivity contribution is -0.135. The molecule has 1 atom stereocenters. The summed E-state index contributed by atoms with van der Waals surface area (Å²) in [5, 5.41) is 9.52. The Bertz CT molecular complexity index is 1110. The van der Waals surface area contributed by atoms with Gasteiger partial charge in [0.25, 0.3) is 0 Å². The smallest absolute Gasteiger partial charge is 0.307 e. The first-order valence-corrected chi connectivity index (χ1v) is 10.5. The quantitative estimate of drug-likeness (QED) is 0.786. The van der Waals surface area contributed by atoms with E-state index in [1.54, 1.807) is 19.1 Å². The molecule has 0 spiro atoms. The maximum atomic E-state index is 14.6. The lowest BCUT2D eigenvalue weighted by Crippen LogP contribution is -2.32. The van der Waals surface area contributed by atoms with Gasteiger partial charge in [0.15, 0.2) is 0 Å². The highest BCUT2D eigenvalue weighted by molar-refractivity contribution is 7.98. The summed E-state index contributed by atoms with van der Waals surface area (Å²) in [4.78, 5) is 15.8. The van der Waals surface area contributed by atoms with Gasteiger partial charge in [-0.2, -0.15) is 0 Å². The number of hydrogen-bond acceptors (Lipinski definition) is 5. The summed E-state index contributed by atoms with van der Waals surface area (Å²) in [5.41, 5.74) is 0.298. The van der Waals surface area contributed by atoms with Crippen LogP contribution in [-0.2, 0) is 14.6 Å². The predicted octanol–water partition coefficient (Wildman–Crippen LogP) is 2.03. The van der Waals surface area contributed by atoms with Crippen molar-refractivity contribution in [3.05, 3.63) is 52.8 Å². The molecule has 8 heteroatoms. The molecule has 0 saturated heterocycles. The summed E-state index contributed by atoms with van der Waals surface area (Å²) in [6.07, 6.45) is 1.47. The second-order valence-electron chi connectivity index (χ2n) is 5.85. The number of fused-ring (bicyclic) bond motifs is 1. The van der Waals surface area contributed by atoms with Crippen LogP contribution in [-0.4, -0.2) is 31.8 Å². The first kappa shape index (κ1) is 18.6. The van der Waals surface area contributed by atoms with Crippen LogP contribution in [0.5, 0.6) is 0 Å². The van der Waals surface area contributed by atoms with Crippen LogP contribution in [0.4, 0.5) is 4.39 Å². The number of nitrogens with zero attached hydrogens (tertiary/aromatic N) is 1. The standard InChI is InChI=1S/C18H16FNO4S2/c1-10-13(9-16(21)22)17-15(20-10)8-7-14(19)18(17)26(23,24)12-5-3-11(25-2)4-6-12/h3-8,10H,9H2,1-2H3,(H,21,22). The summed E-state index contributed by atoms with van der Waals surface area (Å²) in [5.74, 6) is -2.03. The fourth-order valence-electron chi connectivity index (χ4n) is 2.99. The highest BCUT2D eigenvalue weighted by Gasteiger charge is 2.29.